The Hall–Kier alpha value is -1.14. The first kappa shape index (κ1) is 11.9. The SMILES string of the molecule is O=C(OCCCS(=O)(=O)O)C1=CC=CC1. The second-order valence-corrected chi connectivity index (χ2v) is 4.67. The molecule has 0 saturated carbocycles. The fraction of sp³-hybridized carbons (Fsp3) is 0.444. The van der Waals surface area contributed by atoms with Gasteiger partial charge in [-0.3, -0.25) is 4.55 Å². The Morgan fingerprint density at radius 1 is 1.53 bits per heavy atom. The van der Waals surface area contributed by atoms with E-state index in [-0.39, 0.29) is 13.0 Å². The first-order valence-corrected chi connectivity index (χ1v) is 6.08. The third-order valence-electron chi connectivity index (χ3n) is 1.81. The number of rotatable bonds is 5. The Morgan fingerprint density at radius 2 is 2.27 bits per heavy atom. The van der Waals surface area contributed by atoms with Gasteiger partial charge >= 0.3 is 5.97 Å². The number of allylic oxidation sites excluding steroid dienone is 3. The highest BCUT2D eigenvalue weighted by atomic mass is 32.2. The highest BCUT2D eigenvalue weighted by Crippen LogP contribution is 2.11. The molecule has 15 heavy (non-hydrogen) atoms. The number of esters is 1. The third-order valence-corrected chi connectivity index (χ3v) is 2.62. The Morgan fingerprint density at radius 3 is 2.80 bits per heavy atom. The molecule has 0 fully saturated rings. The maximum absolute atomic E-state index is 11.2. The minimum absolute atomic E-state index is 0.00400. The Balaban J connectivity index is 2.18. The predicted molar refractivity (Wildman–Crippen MR) is 53.8 cm³/mol. The molecule has 84 valence electrons. The molecule has 0 aromatic heterocycles. The smallest absolute Gasteiger partial charge is 0.334 e. The van der Waals surface area contributed by atoms with Crippen LogP contribution in [0.2, 0.25) is 0 Å². The Labute approximate surface area is 88.2 Å². The molecule has 0 radical (unpaired) electrons. The highest BCUT2D eigenvalue weighted by molar-refractivity contribution is 7.85. The van der Waals surface area contributed by atoms with Crippen molar-refractivity contribution in [2.45, 2.75) is 12.8 Å². The van der Waals surface area contributed by atoms with Gasteiger partial charge in [0.15, 0.2) is 0 Å². The fourth-order valence-corrected chi connectivity index (χ4v) is 1.58. The second-order valence-electron chi connectivity index (χ2n) is 3.10. The standard InChI is InChI=1S/C9H12O5S/c10-9(8-4-1-2-5-8)14-6-3-7-15(11,12)13/h1-2,4H,3,5-7H2,(H,11,12,13). The maximum Gasteiger partial charge on any atom is 0.334 e. The monoisotopic (exact) mass is 232 g/mol. The quantitative estimate of drug-likeness (QED) is 0.428. The summed E-state index contributed by atoms with van der Waals surface area (Å²) < 4.78 is 33.9. The molecule has 0 aromatic carbocycles. The Bertz CT molecular complexity index is 391. The summed E-state index contributed by atoms with van der Waals surface area (Å²) in [5.74, 6) is -0.826. The lowest BCUT2D eigenvalue weighted by Gasteiger charge is -2.03. The lowest BCUT2D eigenvalue weighted by Crippen LogP contribution is -2.11. The molecule has 0 aliphatic heterocycles. The first-order chi connectivity index (χ1) is 6.99. The average molecular weight is 232 g/mol. The molecule has 1 N–H and O–H groups in total. The fourth-order valence-electron chi connectivity index (χ4n) is 1.10. The van der Waals surface area contributed by atoms with Crippen LogP contribution < -0.4 is 0 Å². The summed E-state index contributed by atoms with van der Waals surface area (Å²) in [6, 6.07) is 0. The van der Waals surface area contributed by atoms with Gasteiger partial charge in [-0.25, -0.2) is 4.79 Å². The van der Waals surface area contributed by atoms with E-state index in [1.807, 2.05) is 6.08 Å². The molecule has 1 aliphatic rings. The zero-order chi connectivity index (χ0) is 11.3. The molecule has 5 nitrogen and oxygen atoms in total. The number of carbonyl (C=O) groups is 1. The molecule has 0 unspecified atom stereocenters. The van der Waals surface area contributed by atoms with Crippen LogP contribution in [0.4, 0.5) is 0 Å². The molecule has 0 aromatic rings. The van der Waals surface area contributed by atoms with E-state index in [0.717, 1.165) is 0 Å². The molecule has 0 bridgehead atoms. The van der Waals surface area contributed by atoms with E-state index < -0.39 is 21.8 Å². The number of hydrogen-bond acceptors (Lipinski definition) is 4. The van der Waals surface area contributed by atoms with E-state index in [4.69, 9.17) is 9.29 Å². The van der Waals surface area contributed by atoms with Crippen molar-refractivity contribution >= 4 is 16.1 Å². The molecule has 0 amide bonds. The van der Waals surface area contributed by atoms with E-state index in [2.05, 4.69) is 0 Å². The van der Waals surface area contributed by atoms with Gasteiger partial charge in [-0.05, 0) is 12.8 Å². The predicted octanol–water partition coefficient (Wildman–Crippen LogP) is 0.694. The summed E-state index contributed by atoms with van der Waals surface area (Å²) >= 11 is 0. The number of ether oxygens (including phenoxy) is 1. The molecule has 1 aliphatic carbocycles. The average Bonchev–Trinajstić information content (AvgIpc) is 2.63. The summed E-state index contributed by atoms with van der Waals surface area (Å²) in [7, 11) is -3.96. The molecule has 0 atom stereocenters. The van der Waals surface area contributed by atoms with Crippen molar-refractivity contribution < 1.29 is 22.5 Å². The summed E-state index contributed by atoms with van der Waals surface area (Å²) in [5.41, 5.74) is 0.557. The topological polar surface area (TPSA) is 80.7 Å². The zero-order valence-corrected chi connectivity index (χ0v) is 8.87. The lowest BCUT2D eigenvalue weighted by molar-refractivity contribution is -0.139. The maximum atomic E-state index is 11.2. The van der Waals surface area contributed by atoms with Crippen molar-refractivity contribution in [2.75, 3.05) is 12.4 Å². The van der Waals surface area contributed by atoms with Crippen molar-refractivity contribution in [3.63, 3.8) is 0 Å². The summed E-state index contributed by atoms with van der Waals surface area (Å²) in [6.45, 7) is -0.00400. The molecule has 0 saturated heterocycles. The number of hydrogen-bond donors (Lipinski definition) is 1. The normalized spacial score (nSPS) is 15.1. The van der Waals surface area contributed by atoms with E-state index in [1.54, 1.807) is 12.2 Å². The summed E-state index contributed by atoms with van der Waals surface area (Å²) in [5, 5.41) is 0. The van der Waals surface area contributed by atoms with Gasteiger partial charge in [0.2, 0.25) is 0 Å². The Kier molecular flexibility index (Phi) is 4.05. The van der Waals surface area contributed by atoms with Crippen molar-refractivity contribution in [1.82, 2.24) is 0 Å². The van der Waals surface area contributed by atoms with Gasteiger partial charge in [0.05, 0.1) is 12.4 Å². The van der Waals surface area contributed by atoms with Crippen LogP contribution in [0.3, 0.4) is 0 Å². The van der Waals surface area contributed by atoms with E-state index >= 15 is 0 Å². The van der Waals surface area contributed by atoms with Gasteiger partial charge in [0.25, 0.3) is 10.1 Å². The van der Waals surface area contributed by atoms with Crippen LogP contribution in [0.25, 0.3) is 0 Å². The molecular weight excluding hydrogens is 220 g/mol. The highest BCUT2D eigenvalue weighted by Gasteiger charge is 2.12. The molecule has 1 rings (SSSR count). The minimum atomic E-state index is -3.96. The van der Waals surface area contributed by atoms with Crippen LogP contribution in [0.5, 0.6) is 0 Å². The van der Waals surface area contributed by atoms with Crippen molar-refractivity contribution in [3.05, 3.63) is 23.8 Å². The van der Waals surface area contributed by atoms with Gasteiger partial charge < -0.3 is 4.74 Å². The zero-order valence-electron chi connectivity index (χ0n) is 8.05. The van der Waals surface area contributed by atoms with Gasteiger partial charge in [0, 0.05) is 5.57 Å². The van der Waals surface area contributed by atoms with E-state index in [0.29, 0.717) is 12.0 Å². The number of carbonyl (C=O) groups excluding carboxylic acids is 1. The van der Waals surface area contributed by atoms with E-state index in [1.165, 1.54) is 0 Å². The lowest BCUT2D eigenvalue weighted by atomic mass is 10.2. The van der Waals surface area contributed by atoms with Gasteiger partial charge in [0.1, 0.15) is 0 Å². The van der Waals surface area contributed by atoms with Gasteiger partial charge in [-0.15, -0.1) is 0 Å². The third kappa shape index (κ3) is 4.75. The minimum Gasteiger partial charge on any atom is -0.462 e. The van der Waals surface area contributed by atoms with Crippen LogP contribution in [-0.2, 0) is 19.6 Å². The molecular formula is C9H12O5S. The molecule has 6 heteroatoms. The van der Waals surface area contributed by atoms with Crippen LogP contribution >= 0.6 is 0 Å². The van der Waals surface area contributed by atoms with Crippen molar-refractivity contribution in [1.29, 1.82) is 0 Å². The van der Waals surface area contributed by atoms with Crippen molar-refractivity contribution in [2.24, 2.45) is 0 Å². The van der Waals surface area contributed by atoms with Crippen molar-refractivity contribution in [3.8, 4) is 0 Å². The summed E-state index contributed by atoms with van der Waals surface area (Å²) in [6.07, 6.45) is 5.90. The first-order valence-electron chi connectivity index (χ1n) is 4.47. The summed E-state index contributed by atoms with van der Waals surface area (Å²) in [4.78, 5) is 11.2. The molecule has 0 spiro atoms. The van der Waals surface area contributed by atoms with Gasteiger partial charge in [-0.2, -0.15) is 8.42 Å². The van der Waals surface area contributed by atoms with E-state index in [9.17, 15) is 13.2 Å². The van der Waals surface area contributed by atoms with Gasteiger partial charge in [-0.1, -0.05) is 18.2 Å². The largest absolute Gasteiger partial charge is 0.462 e. The second kappa shape index (κ2) is 5.09. The van der Waals surface area contributed by atoms with Crippen LogP contribution in [0.15, 0.2) is 23.8 Å². The van der Waals surface area contributed by atoms with Crippen LogP contribution in [0, 0.1) is 0 Å². The van der Waals surface area contributed by atoms with Crippen LogP contribution in [0.1, 0.15) is 12.8 Å². The molecule has 0 heterocycles. The van der Waals surface area contributed by atoms with Crippen LogP contribution in [-0.4, -0.2) is 31.3 Å².